The highest BCUT2D eigenvalue weighted by molar-refractivity contribution is 9.10. The summed E-state index contributed by atoms with van der Waals surface area (Å²) in [5.41, 5.74) is 5.10. The molecule has 5 rings (SSSR count). The Hall–Kier alpha value is -2.00. The van der Waals surface area contributed by atoms with Crippen molar-refractivity contribution in [1.82, 2.24) is 9.97 Å². The lowest BCUT2D eigenvalue weighted by Crippen LogP contribution is -3.00. The monoisotopic (exact) mass is 617 g/mol. The standard InChI is InChI=1S/C28H29BrN3O2S2.ClH/c1-16-23(15-35-36-18-9-7-8-17(29)12-18)32(11-10-24(16)34-6)26-30-21-13-19-20(14-22(21)31-26)28(4,5)25(33)27(19,2)3;/h7-14H,15H2,1-6H3,(H,30,31);1H/q+1;/p-1. The smallest absolute Gasteiger partial charge is 0.402 e. The molecule has 0 bridgehead atoms. The Kier molecular flexibility index (Phi) is 7.79. The molecule has 194 valence electrons. The number of carbonyl (C=O) groups excluding carboxylic acids is 1. The van der Waals surface area contributed by atoms with Crippen molar-refractivity contribution in [2.45, 2.75) is 56.1 Å². The van der Waals surface area contributed by atoms with Crippen molar-refractivity contribution in [1.29, 1.82) is 0 Å². The van der Waals surface area contributed by atoms with Crippen LogP contribution in [0.5, 0.6) is 5.75 Å². The number of ketones is 1. The number of hydrogen-bond donors (Lipinski definition) is 1. The highest BCUT2D eigenvalue weighted by Gasteiger charge is 2.50. The zero-order chi connectivity index (χ0) is 25.8. The van der Waals surface area contributed by atoms with Crippen LogP contribution in [-0.2, 0) is 21.4 Å². The molecule has 2 aromatic heterocycles. The largest absolute Gasteiger partial charge is 1.00 e. The lowest BCUT2D eigenvalue weighted by atomic mass is 9.80. The molecule has 37 heavy (non-hydrogen) atoms. The van der Waals surface area contributed by atoms with E-state index in [0.29, 0.717) is 0 Å². The average Bonchev–Trinajstić information content (AvgIpc) is 3.31. The van der Waals surface area contributed by atoms with E-state index in [-0.39, 0.29) is 18.2 Å². The molecular formula is C28H29BrClN3O2S2. The van der Waals surface area contributed by atoms with Crippen molar-refractivity contribution in [2.24, 2.45) is 0 Å². The molecule has 0 amide bonds. The minimum absolute atomic E-state index is 0. The summed E-state index contributed by atoms with van der Waals surface area (Å²) < 4.78 is 8.81. The van der Waals surface area contributed by atoms with E-state index in [1.54, 1.807) is 28.7 Å². The van der Waals surface area contributed by atoms with Gasteiger partial charge in [-0.25, -0.2) is 9.55 Å². The quantitative estimate of drug-likeness (QED) is 0.262. The van der Waals surface area contributed by atoms with E-state index < -0.39 is 10.8 Å². The molecule has 0 fully saturated rings. The summed E-state index contributed by atoms with van der Waals surface area (Å²) in [6.45, 7) is 10.2. The number of aromatic amines is 1. The summed E-state index contributed by atoms with van der Waals surface area (Å²) in [4.78, 5) is 22.8. The van der Waals surface area contributed by atoms with Crippen molar-refractivity contribution in [2.75, 3.05) is 7.11 Å². The first kappa shape index (κ1) is 28.0. The van der Waals surface area contributed by atoms with Crippen LogP contribution in [0.2, 0.25) is 0 Å². The fraction of sp³-hybridized carbons (Fsp3) is 0.321. The van der Waals surface area contributed by atoms with E-state index in [1.807, 2.05) is 52.1 Å². The number of imidazole rings is 1. The number of fused-ring (bicyclic) bond motifs is 2. The number of aromatic nitrogens is 3. The third kappa shape index (κ3) is 4.82. The Morgan fingerprint density at radius 2 is 1.78 bits per heavy atom. The number of rotatable bonds is 6. The molecule has 0 saturated carbocycles. The predicted molar refractivity (Wildman–Crippen MR) is 151 cm³/mol. The minimum Gasteiger partial charge on any atom is -1.00 e. The first-order valence-electron chi connectivity index (χ1n) is 11.8. The lowest BCUT2D eigenvalue weighted by Gasteiger charge is -2.21. The van der Waals surface area contributed by atoms with Gasteiger partial charge < -0.3 is 17.1 Å². The third-order valence-corrected chi connectivity index (χ3v) is 9.89. The van der Waals surface area contributed by atoms with Crippen molar-refractivity contribution < 1.29 is 26.5 Å². The highest BCUT2D eigenvalue weighted by Crippen LogP contribution is 2.47. The van der Waals surface area contributed by atoms with E-state index in [2.05, 4.69) is 56.7 Å². The maximum atomic E-state index is 13.1. The maximum Gasteiger partial charge on any atom is 0.402 e. The number of hydrogen-bond acceptors (Lipinski definition) is 5. The van der Waals surface area contributed by atoms with E-state index in [4.69, 9.17) is 9.72 Å². The second-order valence-corrected chi connectivity index (χ2v) is 13.5. The number of nitrogens with zero attached hydrogens (tertiary/aromatic N) is 2. The average molecular weight is 619 g/mol. The molecule has 0 atom stereocenters. The van der Waals surface area contributed by atoms with Crippen molar-refractivity contribution in [3.05, 3.63) is 75.5 Å². The van der Waals surface area contributed by atoms with Crippen LogP contribution >= 0.6 is 37.5 Å². The van der Waals surface area contributed by atoms with E-state index in [9.17, 15) is 4.79 Å². The zero-order valence-electron chi connectivity index (χ0n) is 21.6. The van der Waals surface area contributed by atoms with Crippen molar-refractivity contribution in [3.8, 4) is 11.7 Å². The highest BCUT2D eigenvalue weighted by atomic mass is 79.9. The second-order valence-electron chi connectivity index (χ2n) is 10.2. The number of H-pyrrole nitrogens is 1. The van der Waals surface area contributed by atoms with Crippen LogP contribution in [0.3, 0.4) is 0 Å². The van der Waals surface area contributed by atoms with Crippen LogP contribution in [0, 0.1) is 6.92 Å². The van der Waals surface area contributed by atoms with Gasteiger partial charge in [0.25, 0.3) is 0 Å². The molecule has 9 heteroatoms. The summed E-state index contributed by atoms with van der Waals surface area (Å²) in [7, 11) is 5.22. The predicted octanol–water partition coefficient (Wildman–Crippen LogP) is 4.00. The zero-order valence-corrected chi connectivity index (χ0v) is 25.6. The first-order valence-corrected chi connectivity index (χ1v) is 14.9. The molecule has 4 aromatic rings. The molecule has 0 aliphatic heterocycles. The molecule has 1 aliphatic rings. The first-order chi connectivity index (χ1) is 17.0. The van der Waals surface area contributed by atoms with Crippen LogP contribution in [0.1, 0.15) is 50.1 Å². The summed E-state index contributed by atoms with van der Waals surface area (Å²) >= 11 is 3.55. The Bertz CT molecular complexity index is 1460. The number of Topliss-reactive ketones (excluding diaryl/α,β-unsaturated/α-hetero) is 1. The molecule has 0 saturated heterocycles. The van der Waals surface area contributed by atoms with Gasteiger partial charge in [-0.3, -0.25) is 4.79 Å². The molecule has 0 radical (unpaired) electrons. The third-order valence-electron chi connectivity index (χ3n) is 7.15. The number of benzene rings is 2. The van der Waals surface area contributed by atoms with E-state index in [1.165, 1.54) is 4.90 Å². The Morgan fingerprint density at radius 3 is 2.46 bits per heavy atom. The lowest BCUT2D eigenvalue weighted by molar-refractivity contribution is -0.610. The Morgan fingerprint density at radius 1 is 1.08 bits per heavy atom. The maximum absolute atomic E-state index is 13.1. The minimum atomic E-state index is -0.526. The van der Waals surface area contributed by atoms with Gasteiger partial charge in [-0.15, -0.1) is 0 Å². The van der Waals surface area contributed by atoms with Gasteiger partial charge in [0.2, 0.25) is 0 Å². The SMILES string of the molecule is COc1cc[n+](-c2nc3cc4c(cc3[nH]2)C(C)(C)C(=O)C4(C)C)c(CSSc2cccc(Br)c2)c1C.[Cl-]. The summed E-state index contributed by atoms with van der Waals surface area (Å²) in [5, 5.41) is 0. The number of halogens is 2. The van der Waals surface area contributed by atoms with Gasteiger partial charge in [0.1, 0.15) is 17.0 Å². The second kappa shape index (κ2) is 10.3. The van der Waals surface area contributed by atoms with Crippen LogP contribution in [0.15, 0.2) is 58.0 Å². The van der Waals surface area contributed by atoms with Crippen LogP contribution in [0.4, 0.5) is 0 Å². The Balaban J connectivity index is 0.00000320. The van der Waals surface area contributed by atoms with Gasteiger partial charge in [-0.2, -0.15) is 0 Å². The van der Waals surface area contributed by atoms with Gasteiger partial charge in [-0.05, 0) is 76.1 Å². The van der Waals surface area contributed by atoms with Gasteiger partial charge in [0, 0.05) is 31.8 Å². The molecule has 0 unspecified atom stereocenters. The van der Waals surface area contributed by atoms with Gasteiger partial charge >= 0.3 is 5.95 Å². The summed E-state index contributed by atoms with van der Waals surface area (Å²) in [6, 6.07) is 14.5. The normalized spacial score (nSPS) is 15.5. The molecule has 0 spiro atoms. The molecule has 2 aromatic carbocycles. The van der Waals surface area contributed by atoms with Gasteiger partial charge in [-0.1, -0.05) is 48.6 Å². The van der Waals surface area contributed by atoms with Crippen molar-refractivity contribution >= 4 is 54.3 Å². The Labute approximate surface area is 240 Å². The molecule has 1 N–H and O–H groups in total. The van der Waals surface area contributed by atoms with Gasteiger partial charge in [0.05, 0.1) is 19.1 Å². The number of carbonyl (C=O) groups is 1. The van der Waals surface area contributed by atoms with Gasteiger partial charge in [0.15, 0.2) is 11.3 Å². The molecule has 1 aliphatic carbocycles. The number of methoxy groups -OCH3 is 1. The number of nitrogens with one attached hydrogen (secondary N) is 1. The fourth-order valence-electron chi connectivity index (χ4n) is 5.17. The molecule has 2 heterocycles. The van der Waals surface area contributed by atoms with E-state index >= 15 is 0 Å². The van der Waals surface area contributed by atoms with Crippen LogP contribution in [-0.4, -0.2) is 22.9 Å². The van der Waals surface area contributed by atoms with Crippen LogP contribution < -0.4 is 21.7 Å². The topological polar surface area (TPSA) is 58.9 Å². The fourth-order valence-corrected chi connectivity index (χ4v) is 7.92. The number of ether oxygens (including phenoxy) is 1. The van der Waals surface area contributed by atoms with Crippen LogP contribution in [0.25, 0.3) is 17.0 Å². The molecular weight excluding hydrogens is 590 g/mol. The van der Waals surface area contributed by atoms with Crippen molar-refractivity contribution in [3.63, 3.8) is 0 Å². The van der Waals surface area contributed by atoms with E-state index in [0.717, 1.165) is 55.3 Å². The summed E-state index contributed by atoms with van der Waals surface area (Å²) in [5.74, 6) is 2.62. The summed E-state index contributed by atoms with van der Waals surface area (Å²) in [6.07, 6.45) is 2.01. The molecule has 5 nitrogen and oxygen atoms in total. The number of pyridine rings is 1.